The molecule has 1 aliphatic heterocycles. The Hall–Kier alpha value is -3.37. The van der Waals surface area contributed by atoms with E-state index in [-0.39, 0.29) is 0 Å². The highest BCUT2D eigenvalue weighted by Gasteiger charge is 2.25. The van der Waals surface area contributed by atoms with Gasteiger partial charge in [0.1, 0.15) is 5.82 Å². The van der Waals surface area contributed by atoms with Gasteiger partial charge in [0.2, 0.25) is 5.95 Å². The van der Waals surface area contributed by atoms with Crippen LogP contribution in [-0.4, -0.2) is 35.6 Å². The molecule has 0 bridgehead atoms. The smallest absolute Gasteiger partial charge is 0.229 e. The number of hydrogen-bond acceptors (Lipinski definition) is 7. The number of nitriles is 1. The van der Waals surface area contributed by atoms with E-state index in [1.165, 1.54) is 6.42 Å². The highest BCUT2D eigenvalue weighted by atomic mass is 15.3. The Bertz CT molecular complexity index is 1100. The average molecular weight is 416 g/mol. The van der Waals surface area contributed by atoms with Gasteiger partial charge in [-0.25, -0.2) is 4.98 Å². The number of nitrogen functional groups attached to an aromatic ring is 1. The summed E-state index contributed by atoms with van der Waals surface area (Å²) in [4.78, 5) is 11.9. The van der Waals surface area contributed by atoms with Gasteiger partial charge in [0.05, 0.1) is 17.1 Å². The molecule has 0 aliphatic carbocycles. The third-order valence-electron chi connectivity index (χ3n) is 5.57. The van der Waals surface area contributed by atoms with Gasteiger partial charge in [-0.05, 0) is 55.6 Å². The van der Waals surface area contributed by atoms with Crippen LogP contribution in [0.5, 0.6) is 0 Å². The molecule has 1 atom stereocenters. The largest absolute Gasteiger partial charge is 0.399 e. The van der Waals surface area contributed by atoms with Gasteiger partial charge in [-0.15, -0.1) is 0 Å². The molecule has 1 fully saturated rings. The van der Waals surface area contributed by atoms with Crippen LogP contribution >= 0.6 is 0 Å². The Morgan fingerprint density at radius 3 is 2.87 bits per heavy atom. The van der Waals surface area contributed by atoms with Gasteiger partial charge in [-0.1, -0.05) is 26.0 Å². The molecule has 0 amide bonds. The van der Waals surface area contributed by atoms with E-state index in [0.29, 0.717) is 34.8 Å². The topological polar surface area (TPSA) is 103 Å². The van der Waals surface area contributed by atoms with Crippen molar-refractivity contribution in [1.29, 1.82) is 5.26 Å². The first kappa shape index (κ1) is 20.9. The fourth-order valence-electron chi connectivity index (χ4n) is 3.97. The molecule has 1 aliphatic rings. The summed E-state index contributed by atoms with van der Waals surface area (Å²) in [5, 5.41) is 17.2. The van der Waals surface area contributed by atoms with Crippen molar-refractivity contribution in [2.24, 2.45) is 5.92 Å². The minimum absolute atomic E-state index is 0.469. The molecule has 7 nitrogen and oxygen atoms in total. The van der Waals surface area contributed by atoms with Crippen LogP contribution in [0.15, 0.2) is 42.5 Å². The fourth-order valence-corrected chi connectivity index (χ4v) is 3.97. The lowest BCUT2D eigenvalue weighted by Gasteiger charge is -2.21. The molecule has 1 saturated heterocycles. The van der Waals surface area contributed by atoms with E-state index in [1.807, 2.05) is 18.2 Å². The number of hydrogen-bond donors (Lipinski definition) is 3. The summed E-state index contributed by atoms with van der Waals surface area (Å²) in [5.74, 6) is 2.14. The second-order valence-corrected chi connectivity index (χ2v) is 8.54. The summed E-state index contributed by atoms with van der Waals surface area (Å²) in [6.07, 6.45) is 2.28. The molecule has 0 saturated carbocycles. The van der Waals surface area contributed by atoms with E-state index in [0.717, 1.165) is 42.8 Å². The Morgan fingerprint density at radius 2 is 2.06 bits per heavy atom. The first-order valence-corrected chi connectivity index (χ1v) is 10.8. The molecule has 2 aromatic carbocycles. The molecule has 2 heterocycles. The molecule has 3 aromatic rings. The number of nitrogens with one attached hydrogen (secondary N) is 2. The van der Waals surface area contributed by atoms with Gasteiger partial charge in [-0.3, -0.25) is 0 Å². The van der Waals surface area contributed by atoms with E-state index >= 15 is 0 Å². The zero-order valence-electron chi connectivity index (χ0n) is 18.1. The number of anilines is 4. The van der Waals surface area contributed by atoms with Crippen molar-refractivity contribution in [3.8, 4) is 6.07 Å². The number of rotatable bonds is 7. The molecule has 4 N–H and O–H groups in total. The zero-order valence-corrected chi connectivity index (χ0v) is 18.1. The highest BCUT2D eigenvalue weighted by molar-refractivity contribution is 5.91. The highest BCUT2D eigenvalue weighted by Crippen LogP contribution is 2.29. The van der Waals surface area contributed by atoms with Crippen LogP contribution in [-0.2, 0) is 0 Å². The first-order chi connectivity index (χ1) is 15.0. The molecular weight excluding hydrogens is 386 g/mol. The van der Waals surface area contributed by atoms with Gasteiger partial charge in [0.15, 0.2) is 0 Å². The van der Waals surface area contributed by atoms with Gasteiger partial charge < -0.3 is 21.3 Å². The molecule has 0 spiro atoms. The summed E-state index contributed by atoms with van der Waals surface area (Å²) >= 11 is 0. The van der Waals surface area contributed by atoms with Crippen LogP contribution in [0.2, 0.25) is 0 Å². The summed E-state index contributed by atoms with van der Waals surface area (Å²) in [5.41, 5.74) is 8.55. The van der Waals surface area contributed by atoms with Gasteiger partial charge in [0, 0.05) is 35.9 Å². The van der Waals surface area contributed by atoms with E-state index in [9.17, 15) is 5.26 Å². The number of benzene rings is 2. The molecule has 4 rings (SSSR count). The SMILES string of the molecule is CC(C)CCN[C@H]1CCN(c2nc(Nc3cc(N)cc(C#N)c3)nc3ccccc23)C1. The van der Waals surface area contributed by atoms with Gasteiger partial charge in [0.25, 0.3) is 0 Å². The van der Waals surface area contributed by atoms with Crippen molar-refractivity contribution in [3.05, 3.63) is 48.0 Å². The summed E-state index contributed by atoms with van der Waals surface area (Å²) in [7, 11) is 0. The molecule has 1 aromatic heterocycles. The lowest BCUT2D eigenvalue weighted by molar-refractivity contribution is 0.488. The number of fused-ring (bicyclic) bond motifs is 1. The van der Waals surface area contributed by atoms with Crippen LogP contribution in [0, 0.1) is 17.2 Å². The van der Waals surface area contributed by atoms with E-state index in [4.69, 9.17) is 10.7 Å². The first-order valence-electron chi connectivity index (χ1n) is 10.8. The second-order valence-electron chi connectivity index (χ2n) is 8.54. The van der Waals surface area contributed by atoms with Crippen molar-refractivity contribution in [1.82, 2.24) is 15.3 Å². The maximum absolute atomic E-state index is 9.22. The minimum atomic E-state index is 0.469. The fraction of sp³-hybridized carbons (Fsp3) is 0.375. The molecule has 7 heteroatoms. The van der Waals surface area contributed by atoms with Gasteiger partial charge in [-0.2, -0.15) is 10.2 Å². The number of nitrogens with two attached hydrogens (primary N) is 1. The van der Waals surface area contributed by atoms with E-state index in [1.54, 1.807) is 18.2 Å². The van der Waals surface area contributed by atoms with Crippen molar-refractivity contribution in [3.63, 3.8) is 0 Å². The van der Waals surface area contributed by atoms with Gasteiger partial charge >= 0.3 is 0 Å². The molecule has 160 valence electrons. The quantitative estimate of drug-likeness (QED) is 0.500. The van der Waals surface area contributed by atoms with Crippen LogP contribution in [0.4, 0.5) is 23.1 Å². The predicted molar refractivity (Wildman–Crippen MR) is 126 cm³/mol. The Morgan fingerprint density at radius 1 is 1.23 bits per heavy atom. The minimum Gasteiger partial charge on any atom is -0.399 e. The van der Waals surface area contributed by atoms with E-state index < -0.39 is 0 Å². The Balaban J connectivity index is 1.59. The van der Waals surface area contributed by atoms with Crippen molar-refractivity contribution < 1.29 is 0 Å². The lowest BCUT2D eigenvalue weighted by atomic mass is 10.1. The second kappa shape index (κ2) is 9.19. The van der Waals surface area contributed by atoms with Crippen LogP contribution < -0.4 is 21.3 Å². The third-order valence-corrected chi connectivity index (χ3v) is 5.57. The zero-order chi connectivity index (χ0) is 21.8. The van der Waals surface area contributed by atoms with E-state index in [2.05, 4.69) is 46.5 Å². The van der Waals surface area contributed by atoms with Crippen LogP contribution in [0.3, 0.4) is 0 Å². The number of para-hydroxylation sites is 1. The maximum atomic E-state index is 9.22. The Kier molecular flexibility index (Phi) is 6.19. The predicted octanol–water partition coefficient (Wildman–Crippen LogP) is 4.04. The number of aromatic nitrogens is 2. The molecular formula is C24H29N7. The molecule has 0 radical (unpaired) electrons. The maximum Gasteiger partial charge on any atom is 0.229 e. The summed E-state index contributed by atoms with van der Waals surface area (Å²) < 4.78 is 0. The van der Waals surface area contributed by atoms with Crippen LogP contribution in [0.25, 0.3) is 10.9 Å². The van der Waals surface area contributed by atoms with Crippen LogP contribution in [0.1, 0.15) is 32.3 Å². The number of nitrogens with zero attached hydrogens (tertiary/aromatic N) is 4. The van der Waals surface area contributed by atoms with Crippen molar-refractivity contribution in [2.45, 2.75) is 32.7 Å². The summed E-state index contributed by atoms with van der Waals surface area (Å²) in [6, 6.07) is 15.9. The van der Waals surface area contributed by atoms with Crippen molar-refractivity contribution >= 4 is 34.0 Å². The average Bonchev–Trinajstić information content (AvgIpc) is 3.21. The normalized spacial score (nSPS) is 16.1. The monoisotopic (exact) mass is 415 g/mol. The standard InChI is InChI=1S/C24H29N7/c1-16(2)7-9-27-19-8-10-31(15-19)23-21-5-3-4-6-22(21)29-24(30-23)28-20-12-17(14-25)11-18(26)13-20/h3-6,11-13,16,19,27H,7-10,15,26H2,1-2H3,(H,28,29,30)/t19-/m0/s1. The lowest BCUT2D eigenvalue weighted by Crippen LogP contribution is -2.33. The van der Waals surface area contributed by atoms with Crippen molar-refractivity contribution in [2.75, 3.05) is 35.6 Å². The molecule has 0 unspecified atom stereocenters. The Labute approximate surface area is 183 Å². The summed E-state index contributed by atoms with van der Waals surface area (Å²) in [6.45, 7) is 7.43. The third kappa shape index (κ3) is 5.04. The molecule has 31 heavy (non-hydrogen) atoms.